The molecule has 98 valence electrons. The van der Waals surface area contributed by atoms with E-state index in [4.69, 9.17) is 5.73 Å². The average Bonchev–Trinajstić information content (AvgIpc) is 2.40. The third kappa shape index (κ3) is 6.96. The molecule has 1 heterocycles. The van der Waals surface area contributed by atoms with Crippen molar-refractivity contribution in [1.29, 1.82) is 0 Å². The quantitative estimate of drug-likeness (QED) is 0.323. The SMILES string of the molecule is C=CCSCCN=C(N)NCCc1ccccn1. The molecule has 4 nitrogen and oxygen atoms in total. The number of guanidine groups is 1. The van der Waals surface area contributed by atoms with Gasteiger partial charge in [0.05, 0.1) is 6.54 Å². The Kier molecular flexibility index (Phi) is 7.72. The second-order valence-corrected chi connectivity index (χ2v) is 4.78. The second-order valence-electron chi connectivity index (χ2n) is 3.63. The first-order valence-electron chi connectivity index (χ1n) is 5.95. The van der Waals surface area contributed by atoms with Gasteiger partial charge in [-0.15, -0.1) is 6.58 Å². The Hall–Kier alpha value is -1.49. The number of aliphatic imine (C=N–C) groups is 1. The van der Waals surface area contributed by atoms with Gasteiger partial charge in [0.2, 0.25) is 0 Å². The van der Waals surface area contributed by atoms with Crippen molar-refractivity contribution in [3.8, 4) is 0 Å². The fraction of sp³-hybridized carbons (Fsp3) is 0.385. The van der Waals surface area contributed by atoms with E-state index in [-0.39, 0.29) is 0 Å². The molecular weight excluding hydrogens is 244 g/mol. The molecule has 0 radical (unpaired) electrons. The van der Waals surface area contributed by atoms with Crippen LogP contribution in [0, 0.1) is 0 Å². The topological polar surface area (TPSA) is 63.3 Å². The Labute approximate surface area is 113 Å². The largest absolute Gasteiger partial charge is 0.370 e. The molecule has 1 rings (SSSR count). The van der Waals surface area contributed by atoms with E-state index in [0.29, 0.717) is 5.96 Å². The van der Waals surface area contributed by atoms with Gasteiger partial charge in [0.25, 0.3) is 0 Å². The van der Waals surface area contributed by atoms with Gasteiger partial charge in [-0.1, -0.05) is 12.1 Å². The summed E-state index contributed by atoms with van der Waals surface area (Å²) in [6, 6.07) is 5.89. The maximum Gasteiger partial charge on any atom is 0.188 e. The highest BCUT2D eigenvalue weighted by molar-refractivity contribution is 7.99. The standard InChI is InChI=1S/C13H20N4S/c1-2-10-18-11-9-17-13(14)16-8-6-12-5-3-4-7-15-12/h2-5,7H,1,6,8-11H2,(H3,14,16,17). The predicted octanol–water partition coefficient (Wildman–Crippen LogP) is 1.45. The van der Waals surface area contributed by atoms with Crippen LogP contribution < -0.4 is 11.1 Å². The summed E-state index contributed by atoms with van der Waals surface area (Å²) in [4.78, 5) is 8.47. The summed E-state index contributed by atoms with van der Waals surface area (Å²) >= 11 is 1.80. The van der Waals surface area contributed by atoms with Crippen LogP contribution >= 0.6 is 11.8 Å². The number of nitrogens with zero attached hydrogens (tertiary/aromatic N) is 2. The van der Waals surface area contributed by atoms with Crippen LogP contribution in [-0.2, 0) is 6.42 Å². The monoisotopic (exact) mass is 264 g/mol. The number of nitrogens with two attached hydrogens (primary N) is 1. The van der Waals surface area contributed by atoms with E-state index in [1.807, 2.05) is 24.3 Å². The van der Waals surface area contributed by atoms with E-state index < -0.39 is 0 Å². The molecule has 18 heavy (non-hydrogen) atoms. The lowest BCUT2D eigenvalue weighted by atomic mass is 10.3. The highest BCUT2D eigenvalue weighted by Crippen LogP contribution is 1.98. The molecule has 0 saturated carbocycles. The van der Waals surface area contributed by atoms with Gasteiger partial charge >= 0.3 is 0 Å². The predicted molar refractivity (Wildman–Crippen MR) is 80.0 cm³/mol. The number of rotatable bonds is 8. The van der Waals surface area contributed by atoms with E-state index in [1.54, 1.807) is 18.0 Å². The van der Waals surface area contributed by atoms with Crippen molar-refractivity contribution in [3.63, 3.8) is 0 Å². The molecule has 0 atom stereocenters. The summed E-state index contributed by atoms with van der Waals surface area (Å²) in [5.74, 6) is 2.43. The highest BCUT2D eigenvalue weighted by Gasteiger charge is 1.94. The van der Waals surface area contributed by atoms with Crippen LogP contribution in [0.5, 0.6) is 0 Å². The molecule has 0 aliphatic carbocycles. The van der Waals surface area contributed by atoms with Gasteiger partial charge in [0.15, 0.2) is 5.96 Å². The van der Waals surface area contributed by atoms with Crippen LogP contribution in [0.4, 0.5) is 0 Å². The molecular formula is C13H20N4S. The molecule has 0 fully saturated rings. The third-order valence-electron chi connectivity index (χ3n) is 2.17. The Morgan fingerprint density at radius 2 is 2.44 bits per heavy atom. The summed E-state index contributed by atoms with van der Waals surface area (Å²) in [5.41, 5.74) is 6.80. The second kappa shape index (κ2) is 9.53. The van der Waals surface area contributed by atoms with Crippen LogP contribution in [0.1, 0.15) is 5.69 Å². The van der Waals surface area contributed by atoms with E-state index in [1.165, 1.54) is 0 Å². The molecule has 0 amide bonds. The molecule has 0 bridgehead atoms. The Balaban J connectivity index is 2.11. The lowest BCUT2D eigenvalue weighted by Gasteiger charge is -2.05. The van der Waals surface area contributed by atoms with E-state index in [0.717, 1.165) is 36.7 Å². The van der Waals surface area contributed by atoms with Gasteiger partial charge in [-0.05, 0) is 12.1 Å². The van der Waals surface area contributed by atoms with Crippen LogP contribution in [0.25, 0.3) is 0 Å². The minimum Gasteiger partial charge on any atom is -0.370 e. The first-order valence-corrected chi connectivity index (χ1v) is 7.10. The third-order valence-corrected chi connectivity index (χ3v) is 3.11. The van der Waals surface area contributed by atoms with Crippen LogP contribution in [0.3, 0.4) is 0 Å². The van der Waals surface area contributed by atoms with Crippen molar-refractivity contribution in [2.75, 3.05) is 24.6 Å². The van der Waals surface area contributed by atoms with E-state index >= 15 is 0 Å². The number of hydrogen-bond donors (Lipinski definition) is 2. The minimum absolute atomic E-state index is 0.505. The van der Waals surface area contributed by atoms with Gasteiger partial charge in [-0.3, -0.25) is 9.98 Å². The van der Waals surface area contributed by atoms with Gasteiger partial charge in [0, 0.05) is 36.4 Å². The highest BCUT2D eigenvalue weighted by atomic mass is 32.2. The smallest absolute Gasteiger partial charge is 0.188 e. The molecule has 5 heteroatoms. The van der Waals surface area contributed by atoms with Crippen LogP contribution in [0.2, 0.25) is 0 Å². The van der Waals surface area contributed by atoms with E-state index in [9.17, 15) is 0 Å². The van der Waals surface area contributed by atoms with Gasteiger partial charge in [0.1, 0.15) is 0 Å². The summed E-state index contributed by atoms with van der Waals surface area (Å²) in [5, 5.41) is 3.08. The summed E-state index contributed by atoms with van der Waals surface area (Å²) in [6.07, 6.45) is 4.54. The maximum atomic E-state index is 5.74. The summed E-state index contributed by atoms with van der Waals surface area (Å²) < 4.78 is 0. The molecule has 0 aromatic carbocycles. The zero-order valence-electron chi connectivity index (χ0n) is 10.5. The molecule has 1 aromatic rings. The molecule has 0 aliphatic heterocycles. The molecule has 3 N–H and O–H groups in total. The van der Waals surface area contributed by atoms with Crippen molar-refractivity contribution < 1.29 is 0 Å². The number of pyridine rings is 1. The van der Waals surface area contributed by atoms with Crippen molar-refractivity contribution >= 4 is 17.7 Å². The van der Waals surface area contributed by atoms with Crippen LogP contribution in [-0.4, -0.2) is 35.5 Å². The number of thioether (sulfide) groups is 1. The fourth-order valence-corrected chi connectivity index (χ4v) is 1.87. The van der Waals surface area contributed by atoms with Gasteiger partial charge < -0.3 is 11.1 Å². The molecule has 0 aliphatic rings. The van der Waals surface area contributed by atoms with E-state index in [2.05, 4.69) is 21.9 Å². The maximum absolute atomic E-state index is 5.74. The Bertz CT molecular complexity index is 365. The Morgan fingerprint density at radius 3 is 3.17 bits per heavy atom. The summed E-state index contributed by atoms with van der Waals surface area (Å²) in [6.45, 7) is 5.16. The number of aromatic nitrogens is 1. The van der Waals surface area contributed by atoms with Crippen molar-refractivity contribution in [2.45, 2.75) is 6.42 Å². The number of nitrogens with one attached hydrogen (secondary N) is 1. The average molecular weight is 264 g/mol. The summed E-state index contributed by atoms with van der Waals surface area (Å²) in [7, 11) is 0. The molecule has 1 aromatic heterocycles. The first-order chi connectivity index (χ1) is 8.83. The zero-order valence-corrected chi connectivity index (χ0v) is 11.3. The normalized spacial score (nSPS) is 11.2. The lowest BCUT2D eigenvalue weighted by Crippen LogP contribution is -2.33. The molecule has 0 unspecified atom stereocenters. The Morgan fingerprint density at radius 1 is 1.56 bits per heavy atom. The molecule has 0 spiro atoms. The van der Waals surface area contributed by atoms with Crippen molar-refractivity contribution in [2.24, 2.45) is 10.7 Å². The number of hydrogen-bond acceptors (Lipinski definition) is 3. The minimum atomic E-state index is 0.505. The molecule has 0 saturated heterocycles. The van der Waals surface area contributed by atoms with Crippen LogP contribution in [0.15, 0.2) is 42.0 Å². The fourth-order valence-electron chi connectivity index (χ4n) is 1.32. The zero-order chi connectivity index (χ0) is 13.1. The van der Waals surface area contributed by atoms with Crippen molar-refractivity contribution in [1.82, 2.24) is 10.3 Å². The first kappa shape index (κ1) is 14.6. The van der Waals surface area contributed by atoms with Gasteiger partial charge in [-0.25, -0.2) is 0 Å². The van der Waals surface area contributed by atoms with Gasteiger partial charge in [-0.2, -0.15) is 11.8 Å². The lowest BCUT2D eigenvalue weighted by molar-refractivity contribution is 0.830. The van der Waals surface area contributed by atoms with Crippen molar-refractivity contribution in [3.05, 3.63) is 42.7 Å².